The van der Waals surface area contributed by atoms with Crippen LogP contribution in [0.4, 0.5) is 0 Å². The van der Waals surface area contributed by atoms with Crippen molar-refractivity contribution in [3.63, 3.8) is 0 Å². The number of rotatable bonds is 3. The molecule has 0 aromatic carbocycles. The van der Waals surface area contributed by atoms with E-state index in [2.05, 4.69) is 29.3 Å². The molecule has 0 aromatic heterocycles. The van der Waals surface area contributed by atoms with Crippen LogP contribution in [-0.2, 0) is 0 Å². The smallest absolute Gasteiger partial charge is 0.126 e. The molecule has 2 atom stereocenters. The van der Waals surface area contributed by atoms with Gasteiger partial charge in [0.1, 0.15) is 5.84 Å². The lowest BCUT2D eigenvalue weighted by molar-refractivity contribution is 0.380. The molecular weight excluding hydrogens is 210 g/mol. The molecule has 2 unspecified atom stereocenters. The van der Waals surface area contributed by atoms with Gasteiger partial charge in [-0.15, -0.1) is 11.8 Å². The second-order valence-corrected chi connectivity index (χ2v) is 4.54. The first-order valence-corrected chi connectivity index (χ1v) is 6.21. The third-order valence-corrected chi connectivity index (χ3v) is 3.23. The fraction of sp³-hybridized carbons (Fsp3) is 0.500. The van der Waals surface area contributed by atoms with E-state index in [1.807, 2.05) is 6.08 Å². The van der Waals surface area contributed by atoms with E-state index in [1.54, 1.807) is 0 Å². The molecule has 3 nitrogen and oxygen atoms in total. The van der Waals surface area contributed by atoms with Gasteiger partial charge in [0.15, 0.2) is 0 Å². The van der Waals surface area contributed by atoms with Crippen LogP contribution in [0.2, 0.25) is 0 Å². The summed E-state index contributed by atoms with van der Waals surface area (Å²) in [6.45, 7) is 0. The highest BCUT2D eigenvalue weighted by Crippen LogP contribution is 2.17. The topological polar surface area (TPSA) is 61.9 Å². The summed E-state index contributed by atoms with van der Waals surface area (Å²) in [7, 11) is 0. The van der Waals surface area contributed by atoms with Gasteiger partial charge in [0.2, 0.25) is 0 Å². The summed E-state index contributed by atoms with van der Waals surface area (Å²) in [5.41, 5.74) is 7.04. The molecule has 0 aliphatic heterocycles. The summed E-state index contributed by atoms with van der Waals surface area (Å²) in [4.78, 5) is 0. The van der Waals surface area contributed by atoms with Crippen molar-refractivity contribution in [1.82, 2.24) is 5.32 Å². The maximum atomic E-state index is 7.99. The van der Waals surface area contributed by atoms with Crippen molar-refractivity contribution < 1.29 is 0 Å². The van der Waals surface area contributed by atoms with Crippen molar-refractivity contribution in [3.8, 4) is 11.8 Å². The Bertz CT molecular complexity index is 409. The number of nitrogens with two attached hydrogens (primary N) is 1. The van der Waals surface area contributed by atoms with E-state index in [0.717, 1.165) is 37.7 Å². The van der Waals surface area contributed by atoms with Crippen molar-refractivity contribution in [2.75, 3.05) is 0 Å². The highest BCUT2D eigenvalue weighted by molar-refractivity contribution is 5.98. The molecule has 0 fully saturated rings. The van der Waals surface area contributed by atoms with Gasteiger partial charge >= 0.3 is 0 Å². The summed E-state index contributed by atoms with van der Waals surface area (Å²) in [5.74, 6) is 6.98. The molecule has 17 heavy (non-hydrogen) atoms. The molecule has 2 aliphatic rings. The molecule has 90 valence electrons. The van der Waals surface area contributed by atoms with Crippen LogP contribution in [0, 0.1) is 23.2 Å². The normalized spacial score (nSPS) is 24.3. The average molecular weight is 229 g/mol. The average Bonchev–Trinajstić information content (AvgIpc) is 2.40. The van der Waals surface area contributed by atoms with E-state index in [-0.39, 0.29) is 6.17 Å². The lowest BCUT2D eigenvalue weighted by Gasteiger charge is -2.25. The first-order valence-electron chi connectivity index (χ1n) is 6.21. The first-order chi connectivity index (χ1) is 8.27. The van der Waals surface area contributed by atoms with Crippen LogP contribution in [-0.4, -0.2) is 12.0 Å². The van der Waals surface area contributed by atoms with E-state index in [9.17, 15) is 0 Å². The maximum absolute atomic E-state index is 7.99. The molecule has 0 aromatic rings. The zero-order chi connectivity index (χ0) is 12.1. The molecule has 0 saturated heterocycles. The predicted molar refractivity (Wildman–Crippen MR) is 70.4 cm³/mol. The summed E-state index contributed by atoms with van der Waals surface area (Å²) < 4.78 is 0. The van der Waals surface area contributed by atoms with Gasteiger partial charge in [-0.25, -0.2) is 0 Å². The van der Waals surface area contributed by atoms with Crippen molar-refractivity contribution in [2.24, 2.45) is 11.7 Å². The zero-order valence-corrected chi connectivity index (χ0v) is 10.00. The molecule has 0 amide bonds. The fourth-order valence-electron chi connectivity index (χ4n) is 2.12. The Balaban J connectivity index is 1.88. The summed E-state index contributed by atoms with van der Waals surface area (Å²) >= 11 is 0. The first kappa shape index (κ1) is 11.9. The molecule has 2 rings (SSSR count). The van der Waals surface area contributed by atoms with Gasteiger partial charge in [-0.3, -0.25) is 5.41 Å². The number of amidine groups is 1. The van der Waals surface area contributed by atoms with Crippen molar-refractivity contribution in [3.05, 3.63) is 23.8 Å². The van der Waals surface area contributed by atoms with Gasteiger partial charge in [0.25, 0.3) is 0 Å². The monoisotopic (exact) mass is 229 g/mol. The van der Waals surface area contributed by atoms with E-state index in [4.69, 9.17) is 11.1 Å². The van der Waals surface area contributed by atoms with Crippen LogP contribution in [0.15, 0.2) is 23.8 Å². The number of allylic oxidation sites excluding steroid dienone is 2. The number of hydrogen-bond acceptors (Lipinski definition) is 2. The van der Waals surface area contributed by atoms with Gasteiger partial charge in [0.05, 0.1) is 6.17 Å². The van der Waals surface area contributed by atoms with Gasteiger partial charge in [0, 0.05) is 24.3 Å². The molecule has 0 bridgehead atoms. The van der Waals surface area contributed by atoms with Gasteiger partial charge in [-0.05, 0) is 19.3 Å². The Morgan fingerprint density at radius 3 is 3.00 bits per heavy atom. The SMILES string of the molecule is N=C(NC(N)C1CC#CCC1)C1=CCCC=C1. The highest BCUT2D eigenvalue weighted by atomic mass is 15.1. The Morgan fingerprint density at radius 2 is 2.35 bits per heavy atom. The zero-order valence-electron chi connectivity index (χ0n) is 10.00. The van der Waals surface area contributed by atoms with Crippen LogP contribution in [0.25, 0.3) is 0 Å². The van der Waals surface area contributed by atoms with Crippen LogP contribution >= 0.6 is 0 Å². The molecule has 0 radical (unpaired) electrons. The number of nitrogens with one attached hydrogen (secondary N) is 2. The van der Waals surface area contributed by atoms with Crippen molar-refractivity contribution in [1.29, 1.82) is 5.41 Å². The van der Waals surface area contributed by atoms with Crippen LogP contribution in [0.3, 0.4) is 0 Å². The Hall–Kier alpha value is -1.53. The highest BCUT2D eigenvalue weighted by Gasteiger charge is 2.19. The van der Waals surface area contributed by atoms with E-state index in [1.165, 1.54) is 0 Å². The Labute approximate surface area is 103 Å². The van der Waals surface area contributed by atoms with Crippen molar-refractivity contribution in [2.45, 2.75) is 38.3 Å². The quantitative estimate of drug-likeness (QED) is 0.300. The molecule has 0 saturated carbocycles. The van der Waals surface area contributed by atoms with E-state index >= 15 is 0 Å². The second kappa shape index (κ2) is 5.70. The third-order valence-electron chi connectivity index (χ3n) is 3.23. The van der Waals surface area contributed by atoms with E-state index in [0.29, 0.717) is 11.8 Å². The fourth-order valence-corrected chi connectivity index (χ4v) is 2.12. The largest absolute Gasteiger partial charge is 0.355 e. The lowest BCUT2D eigenvalue weighted by Crippen LogP contribution is -2.47. The summed E-state index contributed by atoms with van der Waals surface area (Å²) in [6.07, 6.45) is 10.9. The predicted octanol–water partition coefficient (Wildman–Crippen LogP) is 1.92. The summed E-state index contributed by atoms with van der Waals surface area (Å²) in [5, 5.41) is 11.1. The Morgan fingerprint density at radius 1 is 1.47 bits per heavy atom. The molecular formula is C14H19N3. The lowest BCUT2D eigenvalue weighted by atomic mass is 9.93. The van der Waals surface area contributed by atoms with Gasteiger partial charge < -0.3 is 11.1 Å². The van der Waals surface area contributed by atoms with E-state index < -0.39 is 0 Å². The second-order valence-electron chi connectivity index (χ2n) is 4.54. The standard InChI is InChI=1S/C14H19N3/c15-13(11-7-3-1-4-8-11)17-14(16)12-9-5-2-6-10-12/h3,7-8,12,14H,1,4-5,9-10,16H2,(H2,15,17). The Kier molecular flexibility index (Phi) is 4.00. The van der Waals surface area contributed by atoms with Gasteiger partial charge in [-0.2, -0.15) is 0 Å². The molecule has 0 spiro atoms. The summed E-state index contributed by atoms with van der Waals surface area (Å²) in [6, 6.07) is 0. The molecule has 2 aliphatic carbocycles. The van der Waals surface area contributed by atoms with Crippen LogP contribution < -0.4 is 11.1 Å². The van der Waals surface area contributed by atoms with Crippen LogP contribution in [0.5, 0.6) is 0 Å². The maximum Gasteiger partial charge on any atom is 0.126 e. The minimum absolute atomic E-state index is 0.159. The third kappa shape index (κ3) is 3.21. The molecule has 3 heteroatoms. The number of hydrogen-bond donors (Lipinski definition) is 3. The minimum atomic E-state index is -0.159. The minimum Gasteiger partial charge on any atom is -0.355 e. The van der Waals surface area contributed by atoms with Crippen LogP contribution in [0.1, 0.15) is 32.1 Å². The van der Waals surface area contributed by atoms with Gasteiger partial charge in [-0.1, -0.05) is 18.2 Å². The molecule has 0 heterocycles. The molecule has 4 N–H and O–H groups in total. The van der Waals surface area contributed by atoms with Crippen molar-refractivity contribution >= 4 is 5.84 Å².